The summed E-state index contributed by atoms with van der Waals surface area (Å²) in [6.45, 7) is 10.4. The van der Waals surface area contributed by atoms with E-state index in [9.17, 15) is 4.79 Å². The minimum Gasteiger partial charge on any atom is -0.485 e. The molecule has 4 nitrogen and oxygen atoms in total. The number of aryl methyl sites for hydroxylation is 1. The normalized spacial score (nSPS) is 11.1. The molecule has 0 saturated carbocycles. The van der Waals surface area contributed by atoms with Crippen molar-refractivity contribution in [2.45, 2.75) is 53.2 Å². The van der Waals surface area contributed by atoms with Crippen LogP contribution in [0.1, 0.15) is 61.1 Å². The molecule has 0 atom stereocenters. The first-order chi connectivity index (χ1) is 10.9. The number of rotatable bonds is 6. The summed E-state index contributed by atoms with van der Waals surface area (Å²) in [5.74, 6) is 1.99. The van der Waals surface area contributed by atoms with Gasteiger partial charge in [-0.05, 0) is 56.0 Å². The van der Waals surface area contributed by atoms with Crippen LogP contribution in [-0.2, 0) is 6.61 Å². The molecular formula is C19H25NO3. The van der Waals surface area contributed by atoms with Crippen molar-refractivity contribution in [3.8, 4) is 5.75 Å². The van der Waals surface area contributed by atoms with Gasteiger partial charge in [0.05, 0.1) is 0 Å². The zero-order valence-corrected chi connectivity index (χ0v) is 14.5. The van der Waals surface area contributed by atoms with E-state index in [0.717, 1.165) is 11.3 Å². The van der Waals surface area contributed by atoms with Crippen LogP contribution in [0.25, 0.3) is 0 Å². The van der Waals surface area contributed by atoms with Crippen LogP contribution in [0.3, 0.4) is 0 Å². The molecular weight excluding hydrogens is 290 g/mol. The summed E-state index contributed by atoms with van der Waals surface area (Å²) in [7, 11) is 0. The molecule has 0 bridgehead atoms. The van der Waals surface area contributed by atoms with Crippen LogP contribution in [0, 0.1) is 6.92 Å². The van der Waals surface area contributed by atoms with Crippen molar-refractivity contribution < 1.29 is 13.9 Å². The molecule has 0 aliphatic heterocycles. The summed E-state index contributed by atoms with van der Waals surface area (Å²) in [6, 6.07) is 9.75. The second-order valence-electron chi connectivity index (χ2n) is 6.38. The van der Waals surface area contributed by atoms with E-state index in [4.69, 9.17) is 9.15 Å². The average Bonchev–Trinajstić information content (AvgIpc) is 2.93. The highest BCUT2D eigenvalue weighted by atomic mass is 16.5. The van der Waals surface area contributed by atoms with Crippen LogP contribution in [0.2, 0.25) is 0 Å². The van der Waals surface area contributed by atoms with Crippen LogP contribution in [-0.4, -0.2) is 11.9 Å². The van der Waals surface area contributed by atoms with Crippen LogP contribution in [0.15, 0.2) is 34.7 Å². The zero-order chi connectivity index (χ0) is 17.0. The van der Waals surface area contributed by atoms with E-state index >= 15 is 0 Å². The van der Waals surface area contributed by atoms with Gasteiger partial charge in [0.2, 0.25) is 0 Å². The van der Waals surface area contributed by atoms with Crippen LogP contribution in [0.5, 0.6) is 5.75 Å². The average molecular weight is 315 g/mol. The smallest absolute Gasteiger partial charge is 0.287 e. The maximum atomic E-state index is 11.9. The molecule has 1 N–H and O–H groups in total. The molecule has 0 spiro atoms. The Balaban J connectivity index is 2.06. The molecule has 23 heavy (non-hydrogen) atoms. The Morgan fingerprint density at radius 2 is 1.91 bits per heavy atom. The predicted octanol–water partition coefficient (Wildman–Crippen LogP) is 4.43. The lowest BCUT2D eigenvalue weighted by molar-refractivity contribution is 0.0911. The maximum Gasteiger partial charge on any atom is 0.287 e. The second kappa shape index (κ2) is 7.36. The SMILES string of the molecule is Cc1ccc(C(C)C)c(OCc2ccc(C(=O)NC(C)C)o2)c1. The number of nitrogens with one attached hydrogen (secondary N) is 1. The molecule has 0 saturated heterocycles. The van der Waals surface area contributed by atoms with Crippen LogP contribution < -0.4 is 10.1 Å². The summed E-state index contributed by atoms with van der Waals surface area (Å²) in [4.78, 5) is 11.9. The van der Waals surface area contributed by atoms with Crippen LogP contribution in [0.4, 0.5) is 0 Å². The third-order valence-corrected chi connectivity index (χ3v) is 3.47. The van der Waals surface area contributed by atoms with Crippen molar-refractivity contribution in [2.24, 2.45) is 0 Å². The molecule has 0 unspecified atom stereocenters. The minimum atomic E-state index is -0.204. The number of carbonyl (C=O) groups excluding carboxylic acids is 1. The van der Waals surface area contributed by atoms with E-state index in [-0.39, 0.29) is 11.9 Å². The van der Waals surface area contributed by atoms with Gasteiger partial charge in [-0.3, -0.25) is 4.79 Å². The largest absolute Gasteiger partial charge is 0.485 e. The summed E-state index contributed by atoms with van der Waals surface area (Å²) in [5.41, 5.74) is 2.32. The molecule has 1 heterocycles. The highest BCUT2D eigenvalue weighted by Gasteiger charge is 2.13. The molecule has 1 amide bonds. The number of carbonyl (C=O) groups is 1. The highest BCUT2D eigenvalue weighted by Crippen LogP contribution is 2.28. The molecule has 0 fully saturated rings. The third-order valence-electron chi connectivity index (χ3n) is 3.47. The first-order valence-electron chi connectivity index (χ1n) is 7.99. The predicted molar refractivity (Wildman–Crippen MR) is 90.9 cm³/mol. The molecule has 0 aliphatic carbocycles. The number of hydrogen-bond acceptors (Lipinski definition) is 3. The Morgan fingerprint density at radius 3 is 2.57 bits per heavy atom. The molecule has 1 aromatic heterocycles. The lowest BCUT2D eigenvalue weighted by Gasteiger charge is -2.14. The van der Waals surface area contributed by atoms with E-state index in [0.29, 0.717) is 24.0 Å². The van der Waals surface area contributed by atoms with Gasteiger partial charge in [-0.1, -0.05) is 26.0 Å². The minimum absolute atomic E-state index is 0.0770. The molecule has 1 aromatic carbocycles. The van der Waals surface area contributed by atoms with Crippen molar-refractivity contribution in [2.75, 3.05) is 0 Å². The summed E-state index contributed by atoms with van der Waals surface area (Å²) in [6.07, 6.45) is 0. The third kappa shape index (κ3) is 4.62. The topological polar surface area (TPSA) is 51.5 Å². The van der Waals surface area contributed by atoms with Gasteiger partial charge >= 0.3 is 0 Å². The standard InChI is InChI=1S/C19H25NO3/c1-12(2)16-8-6-14(5)10-18(16)22-11-15-7-9-17(23-15)19(21)20-13(3)4/h6-10,12-13H,11H2,1-5H3,(H,20,21). The lowest BCUT2D eigenvalue weighted by Crippen LogP contribution is -2.29. The van der Waals surface area contributed by atoms with Gasteiger partial charge in [-0.25, -0.2) is 0 Å². The van der Waals surface area contributed by atoms with Gasteiger partial charge in [-0.15, -0.1) is 0 Å². The van der Waals surface area contributed by atoms with Gasteiger partial charge in [0.15, 0.2) is 5.76 Å². The van der Waals surface area contributed by atoms with Crippen LogP contribution >= 0.6 is 0 Å². The molecule has 0 aliphatic rings. The quantitative estimate of drug-likeness (QED) is 0.858. The molecule has 4 heteroatoms. The molecule has 124 valence electrons. The van der Waals surface area contributed by atoms with Gasteiger partial charge in [0.25, 0.3) is 5.91 Å². The first kappa shape index (κ1) is 17.1. The van der Waals surface area contributed by atoms with Gasteiger partial charge in [-0.2, -0.15) is 0 Å². The van der Waals surface area contributed by atoms with Crippen molar-refractivity contribution in [1.82, 2.24) is 5.32 Å². The first-order valence-corrected chi connectivity index (χ1v) is 7.99. The van der Waals surface area contributed by atoms with E-state index < -0.39 is 0 Å². The molecule has 0 radical (unpaired) electrons. The monoisotopic (exact) mass is 315 g/mol. The van der Waals surface area contributed by atoms with Gasteiger partial charge in [0, 0.05) is 6.04 Å². The Morgan fingerprint density at radius 1 is 1.17 bits per heavy atom. The summed E-state index contributed by atoms with van der Waals surface area (Å²) < 4.78 is 11.5. The Labute approximate surface area is 137 Å². The van der Waals surface area contributed by atoms with E-state index in [1.165, 1.54) is 5.56 Å². The molecule has 2 rings (SSSR count). The van der Waals surface area contributed by atoms with E-state index in [1.54, 1.807) is 12.1 Å². The second-order valence-corrected chi connectivity index (χ2v) is 6.38. The number of amides is 1. The summed E-state index contributed by atoms with van der Waals surface area (Å²) >= 11 is 0. The Bertz CT molecular complexity index is 671. The fourth-order valence-corrected chi connectivity index (χ4v) is 2.30. The molecule has 2 aromatic rings. The zero-order valence-electron chi connectivity index (χ0n) is 14.5. The van der Waals surface area contributed by atoms with E-state index in [1.807, 2.05) is 26.8 Å². The Hall–Kier alpha value is -2.23. The fraction of sp³-hybridized carbons (Fsp3) is 0.421. The number of ether oxygens (including phenoxy) is 1. The fourth-order valence-electron chi connectivity index (χ4n) is 2.30. The highest BCUT2D eigenvalue weighted by molar-refractivity contribution is 5.91. The van der Waals surface area contributed by atoms with Crippen molar-refractivity contribution in [1.29, 1.82) is 0 Å². The van der Waals surface area contributed by atoms with Gasteiger partial charge in [0.1, 0.15) is 18.1 Å². The Kier molecular flexibility index (Phi) is 5.48. The van der Waals surface area contributed by atoms with Crippen molar-refractivity contribution >= 4 is 5.91 Å². The van der Waals surface area contributed by atoms with Crippen molar-refractivity contribution in [3.05, 3.63) is 53.0 Å². The lowest BCUT2D eigenvalue weighted by atomic mass is 10.0. The number of furan rings is 1. The van der Waals surface area contributed by atoms with E-state index in [2.05, 4.69) is 31.3 Å². The summed E-state index contributed by atoms with van der Waals surface area (Å²) in [5, 5.41) is 2.80. The van der Waals surface area contributed by atoms with Gasteiger partial charge < -0.3 is 14.5 Å². The number of hydrogen-bond donors (Lipinski definition) is 1. The maximum absolute atomic E-state index is 11.9. The van der Waals surface area contributed by atoms with Crippen molar-refractivity contribution in [3.63, 3.8) is 0 Å². The number of benzene rings is 1.